The average Bonchev–Trinajstić information content (AvgIpc) is 1.79. The van der Waals surface area contributed by atoms with Crippen LogP contribution in [0.1, 0.15) is 20.8 Å². The third kappa shape index (κ3) is 4.75. The third-order valence-electron chi connectivity index (χ3n) is 2.73. The molecule has 0 saturated heterocycles. The molecule has 2 N–H and O–H groups in total. The van der Waals surface area contributed by atoms with Crippen molar-refractivity contribution in [1.82, 2.24) is 4.72 Å². The van der Waals surface area contributed by atoms with Crippen LogP contribution in [0, 0.1) is 0 Å². The van der Waals surface area contributed by atoms with E-state index >= 15 is 0 Å². The standard InChI is InChI=1S/C7H19NO3SSi/c1-7(2,3)13(4,5)6-8-12(9,10)11/h8H,6H2,1-5H3,(H,9,10,11). The van der Waals surface area contributed by atoms with Gasteiger partial charge in [-0.05, 0) is 5.04 Å². The van der Waals surface area contributed by atoms with Crippen molar-refractivity contribution < 1.29 is 13.0 Å². The van der Waals surface area contributed by atoms with Gasteiger partial charge in [0.05, 0.1) is 8.07 Å². The van der Waals surface area contributed by atoms with Gasteiger partial charge in [0.1, 0.15) is 0 Å². The summed E-state index contributed by atoms with van der Waals surface area (Å²) in [6, 6.07) is 0. The molecule has 13 heavy (non-hydrogen) atoms. The molecule has 0 unspecified atom stereocenters. The molecule has 0 atom stereocenters. The molecular weight excluding hydrogens is 206 g/mol. The predicted molar refractivity (Wildman–Crippen MR) is 56.7 cm³/mol. The summed E-state index contributed by atoms with van der Waals surface area (Å²) in [5.74, 6) is 0. The van der Waals surface area contributed by atoms with E-state index in [9.17, 15) is 8.42 Å². The van der Waals surface area contributed by atoms with Crippen molar-refractivity contribution >= 4 is 18.4 Å². The van der Waals surface area contributed by atoms with Crippen molar-refractivity contribution in [1.29, 1.82) is 0 Å². The van der Waals surface area contributed by atoms with E-state index in [-0.39, 0.29) is 5.04 Å². The van der Waals surface area contributed by atoms with Crippen molar-refractivity contribution in [2.24, 2.45) is 0 Å². The second-order valence-electron chi connectivity index (χ2n) is 4.93. The third-order valence-corrected chi connectivity index (χ3v) is 8.61. The summed E-state index contributed by atoms with van der Waals surface area (Å²) < 4.78 is 31.6. The van der Waals surface area contributed by atoms with Gasteiger partial charge in [0, 0.05) is 6.17 Å². The lowest BCUT2D eigenvalue weighted by Crippen LogP contribution is -2.48. The summed E-state index contributed by atoms with van der Waals surface area (Å²) in [5.41, 5.74) is 0. The van der Waals surface area contributed by atoms with Gasteiger partial charge in [0.25, 0.3) is 0 Å². The number of rotatable bonds is 3. The summed E-state index contributed by atoms with van der Waals surface area (Å²) in [7, 11) is -5.70. The Kier molecular flexibility index (Phi) is 3.71. The van der Waals surface area contributed by atoms with E-state index in [1.165, 1.54) is 0 Å². The molecule has 0 aromatic heterocycles. The van der Waals surface area contributed by atoms with Crippen molar-refractivity contribution in [2.45, 2.75) is 38.9 Å². The van der Waals surface area contributed by atoms with E-state index < -0.39 is 18.4 Å². The van der Waals surface area contributed by atoms with E-state index in [1.807, 2.05) is 0 Å². The summed E-state index contributed by atoms with van der Waals surface area (Å²) in [6.45, 7) is 10.4. The first-order chi connectivity index (χ1) is 5.46. The fourth-order valence-electron chi connectivity index (χ4n) is 0.537. The highest BCUT2D eigenvalue weighted by Crippen LogP contribution is 2.35. The molecule has 0 fully saturated rings. The summed E-state index contributed by atoms with van der Waals surface area (Å²) in [5, 5.41) is 0.116. The molecular formula is C7H19NO3SSi. The minimum absolute atomic E-state index is 0.116. The molecule has 0 aliphatic heterocycles. The smallest absolute Gasteiger partial charge is 0.273 e. The SMILES string of the molecule is CC(C)(C)[Si](C)(C)CNS(=O)(=O)O. The maximum atomic E-state index is 10.5. The molecule has 0 aliphatic carbocycles. The molecule has 0 radical (unpaired) electrons. The fourth-order valence-corrected chi connectivity index (χ4v) is 3.24. The Labute approximate surface area is 81.6 Å². The van der Waals surface area contributed by atoms with Gasteiger partial charge in [0.2, 0.25) is 0 Å². The number of hydrogen-bond donors (Lipinski definition) is 2. The quantitative estimate of drug-likeness (QED) is 0.564. The molecule has 0 aromatic carbocycles. The zero-order valence-electron chi connectivity index (χ0n) is 8.88. The van der Waals surface area contributed by atoms with Crippen molar-refractivity contribution in [3.8, 4) is 0 Å². The molecule has 0 saturated carbocycles. The van der Waals surface area contributed by atoms with Crippen molar-refractivity contribution in [3.05, 3.63) is 0 Å². The normalized spacial score (nSPS) is 14.6. The monoisotopic (exact) mass is 225 g/mol. The summed E-state index contributed by atoms with van der Waals surface area (Å²) in [4.78, 5) is 0. The first kappa shape index (κ1) is 13.1. The minimum Gasteiger partial charge on any atom is -0.273 e. The van der Waals surface area contributed by atoms with E-state index in [0.29, 0.717) is 6.17 Å². The van der Waals surface area contributed by atoms with Crippen LogP contribution in [0.4, 0.5) is 0 Å². The molecule has 0 heterocycles. The van der Waals surface area contributed by atoms with Crippen LogP contribution in [0.5, 0.6) is 0 Å². The van der Waals surface area contributed by atoms with E-state index in [4.69, 9.17) is 4.55 Å². The van der Waals surface area contributed by atoms with Crippen LogP contribution in [-0.4, -0.2) is 27.2 Å². The lowest BCUT2D eigenvalue weighted by molar-refractivity contribution is 0.471. The Morgan fingerprint density at radius 2 is 1.69 bits per heavy atom. The van der Waals surface area contributed by atoms with E-state index in [1.54, 1.807) is 0 Å². The Hall–Kier alpha value is 0.0869. The maximum absolute atomic E-state index is 10.5. The van der Waals surface area contributed by atoms with Crippen molar-refractivity contribution in [3.63, 3.8) is 0 Å². The first-order valence-corrected chi connectivity index (χ1v) is 8.82. The van der Waals surface area contributed by atoms with Gasteiger partial charge in [-0.1, -0.05) is 33.9 Å². The van der Waals surface area contributed by atoms with Crippen molar-refractivity contribution in [2.75, 3.05) is 6.17 Å². The highest BCUT2D eigenvalue weighted by atomic mass is 32.2. The molecule has 0 bridgehead atoms. The Morgan fingerprint density at radius 3 is 1.92 bits per heavy atom. The maximum Gasteiger partial charge on any atom is 0.333 e. The zero-order chi connectivity index (χ0) is 10.9. The largest absolute Gasteiger partial charge is 0.333 e. The average molecular weight is 225 g/mol. The van der Waals surface area contributed by atoms with Crippen LogP contribution in [0.2, 0.25) is 18.1 Å². The van der Waals surface area contributed by atoms with Gasteiger partial charge in [-0.2, -0.15) is 13.1 Å². The zero-order valence-corrected chi connectivity index (χ0v) is 10.7. The molecule has 0 aliphatic rings. The molecule has 0 spiro atoms. The highest BCUT2D eigenvalue weighted by molar-refractivity contribution is 7.83. The number of nitrogens with one attached hydrogen (secondary N) is 1. The topological polar surface area (TPSA) is 66.4 Å². The molecule has 4 nitrogen and oxygen atoms in total. The molecule has 6 heteroatoms. The lowest BCUT2D eigenvalue weighted by Gasteiger charge is -2.36. The van der Waals surface area contributed by atoms with Crippen LogP contribution >= 0.6 is 0 Å². The van der Waals surface area contributed by atoms with Gasteiger partial charge in [-0.15, -0.1) is 0 Å². The van der Waals surface area contributed by atoms with Crippen LogP contribution in [0.3, 0.4) is 0 Å². The van der Waals surface area contributed by atoms with Gasteiger partial charge in [0.15, 0.2) is 0 Å². The Morgan fingerprint density at radius 1 is 1.31 bits per heavy atom. The van der Waals surface area contributed by atoms with E-state index in [0.717, 1.165) is 0 Å². The van der Waals surface area contributed by atoms with Gasteiger partial charge >= 0.3 is 10.3 Å². The Bertz CT molecular complexity index is 266. The lowest BCUT2D eigenvalue weighted by atomic mass is 10.2. The second-order valence-corrected chi connectivity index (χ2v) is 11.8. The number of hydrogen-bond acceptors (Lipinski definition) is 2. The van der Waals surface area contributed by atoms with Gasteiger partial charge in [-0.25, -0.2) is 0 Å². The van der Waals surface area contributed by atoms with Crippen LogP contribution in [-0.2, 0) is 10.3 Å². The molecule has 0 rings (SSSR count). The molecule has 0 amide bonds. The molecule has 0 aromatic rings. The van der Waals surface area contributed by atoms with Crippen LogP contribution in [0.15, 0.2) is 0 Å². The summed E-state index contributed by atoms with van der Waals surface area (Å²) >= 11 is 0. The van der Waals surface area contributed by atoms with E-state index in [2.05, 4.69) is 38.6 Å². The summed E-state index contributed by atoms with van der Waals surface area (Å²) in [6.07, 6.45) is 0.370. The van der Waals surface area contributed by atoms with Crippen LogP contribution < -0.4 is 4.72 Å². The first-order valence-electron chi connectivity index (χ1n) is 4.18. The predicted octanol–water partition coefficient (Wildman–Crippen LogP) is 1.43. The highest BCUT2D eigenvalue weighted by Gasteiger charge is 2.35. The fraction of sp³-hybridized carbons (Fsp3) is 1.00. The minimum atomic E-state index is -4.03. The van der Waals surface area contributed by atoms with Gasteiger partial charge in [-0.3, -0.25) is 4.55 Å². The van der Waals surface area contributed by atoms with Crippen LogP contribution in [0.25, 0.3) is 0 Å². The Balaban J connectivity index is 4.38. The second kappa shape index (κ2) is 3.68. The molecule has 80 valence electrons. The van der Waals surface area contributed by atoms with Gasteiger partial charge < -0.3 is 0 Å².